The zero-order chi connectivity index (χ0) is 21.7. The first-order chi connectivity index (χ1) is 14.3. The number of alkyl halides is 3. The number of amides is 2. The molecule has 2 aliphatic heterocycles. The number of rotatable bonds is 3. The predicted molar refractivity (Wildman–Crippen MR) is 101 cm³/mol. The Balaban J connectivity index is 0.000000318. The molecule has 2 aromatic heterocycles. The molecule has 0 radical (unpaired) electrons. The van der Waals surface area contributed by atoms with Crippen molar-refractivity contribution >= 4 is 28.5 Å². The normalized spacial score (nSPS) is 20.4. The number of carbonyl (C=O) groups is 2. The van der Waals surface area contributed by atoms with E-state index in [9.17, 15) is 18.0 Å². The molecule has 162 valence electrons. The van der Waals surface area contributed by atoms with E-state index in [4.69, 9.17) is 9.90 Å². The smallest absolute Gasteiger partial charge is 0.475 e. The second kappa shape index (κ2) is 9.24. The number of hydrogen-bond donors (Lipinski definition) is 2. The average Bonchev–Trinajstić information content (AvgIpc) is 3.44. The van der Waals surface area contributed by atoms with Gasteiger partial charge in [0.1, 0.15) is 5.51 Å². The third-order valence-corrected chi connectivity index (χ3v) is 5.57. The molecule has 2 fully saturated rings. The number of nitrogens with one attached hydrogen (secondary N) is 1. The summed E-state index contributed by atoms with van der Waals surface area (Å²) in [5.74, 6) is -2.76. The molecule has 2 aliphatic rings. The zero-order valence-electron chi connectivity index (χ0n) is 15.6. The minimum atomic E-state index is -5.08. The van der Waals surface area contributed by atoms with Crippen LogP contribution in [0.25, 0.3) is 0 Å². The number of carboxylic acids is 1. The first-order valence-electron chi connectivity index (χ1n) is 9.03. The summed E-state index contributed by atoms with van der Waals surface area (Å²) in [6.45, 7) is 2.25. The molecule has 2 aromatic rings. The largest absolute Gasteiger partial charge is 0.490 e. The van der Waals surface area contributed by atoms with Crippen molar-refractivity contribution in [3.63, 3.8) is 0 Å². The number of likely N-dealkylation sites (tertiary alicyclic amines) is 1. The molecule has 13 heteroatoms. The van der Waals surface area contributed by atoms with Gasteiger partial charge in [-0.3, -0.25) is 4.98 Å². The van der Waals surface area contributed by atoms with E-state index in [1.807, 2.05) is 17.0 Å². The van der Waals surface area contributed by atoms with Gasteiger partial charge in [0.25, 0.3) is 0 Å². The lowest BCUT2D eigenvalue weighted by molar-refractivity contribution is -0.192. The summed E-state index contributed by atoms with van der Waals surface area (Å²) in [4.78, 5) is 29.7. The number of carboxylic acid groups (broad SMARTS) is 1. The fourth-order valence-corrected chi connectivity index (χ4v) is 4.20. The Morgan fingerprint density at radius 1 is 1.27 bits per heavy atom. The average molecular weight is 444 g/mol. The van der Waals surface area contributed by atoms with Crippen LogP contribution in [0.3, 0.4) is 0 Å². The Labute approximate surface area is 173 Å². The highest BCUT2D eigenvalue weighted by Gasteiger charge is 2.45. The lowest BCUT2D eigenvalue weighted by Gasteiger charge is -2.25. The molecule has 2 amide bonds. The first-order valence-corrected chi connectivity index (χ1v) is 9.91. The van der Waals surface area contributed by atoms with E-state index in [2.05, 4.69) is 25.4 Å². The van der Waals surface area contributed by atoms with Gasteiger partial charge >= 0.3 is 18.2 Å². The standard InChI is InChI=1S/C15H18N6OS.C2HF3O2/c22-14(17-9-11-2-1-5-16-8-11)20-6-3-13-12(20)4-7-21(13)15-19-18-10-23-15;3-2(4,5)1(6)7/h1-2,5,8,10,12-13H,3-4,6-7,9H2,(H,17,22);(H,6,7)/t12-,13+;/m1./s1. The van der Waals surface area contributed by atoms with Crippen LogP contribution in [-0.4, -0.2) is 68.5 Å². The van der Waals surface area contributed by atoms with Crippen molar-refractivity contribution in [3.05, 3.63) is 35.6 Å². The fraction of sp³-hybridized carbons (Fsp3) is 0.471. The van der Waals surface area contributed by atoms with Gasteiger partial charge in [-0.2, -0.15) is 13.2 Å². The summed E-state index contributed by atoms with van der Waals surface area (Å²) in [5, 5.41) is 19.2. The molecular weight excluding hydrogens is 425 g/mol. The molecule has 2 atom stereocenters. The Hall–Kier alpha value is -2.96. The van der Waals surface area contributed by atoms with E-state index in [0.717, 1.165) is 36.6 Å². The molecule has 0 unspecified atom stereocenters. The van der Waals surface area contributed by atoms with Crippen molar-refractivity contribution < 1.29 is 27.9 Å². The quantitative estimate of drug-likeness (QED) is 0.746. The van der Waals surface area contributed by atoms with Crippen molar-refractivity contribution in [1.82, 2.24) is 25.4 Å². The van der Waals surface area contributed by atoms with Crippen LogP contribution >= 0.6 is 11.3 Å². The fourth-order valence-electron chi connectivity index (χ4n) is 3.55. The molecule has 0 spiro atoms. The van der Waals surface area contributed by atoms with Crippen molar-refractivity contribution in [3.8, 4) is 0 Å². The van der Waals surface area contributed by atoms with Crippen molar-refractivity contribution in [2.75, 3.05) is 18.0 Å². The maximum absolute atomic E-state index is 12.5. The Bertz CT molecular complexity index is 852. The summed E-state index contributed by atoms with van der Waals surface area (Å²) in [6.07, 6.45) is 0.409. The summed E-state index contributed by atoms with van der Waals surface area (Å²) < 4.78 is 31.7. The molecule has 9 nitrogen and oxygen atoms in total. The van der Waals surface area contributed by atoms with Crippen LogP contribution in [0.5, 0.6) is 0 Å². The lowest BCUT2D eigenvalue weighted by Crippen LogP contribution is -2.44. The number of aromatic nitrogens is 3. The van der Waals surface area contributed by atoms with Crippen LogP contribution in [0, 0.1) is 0 Å². The second-order valence-electron chi connectivity index (χ2n) is 6.64. The van der Waals surface area contributed by atoms with E-state index in [-0.39, 0.29) is 12.1 Å². The van der Waals surface area contributed by atoms with Gasteiger partial charge in [-0.15, -0.1) is 10.2 Å². The van der Waals surface area contributed by atoms with E-state index < -0.39 is 12.1 Å². The van der Waals surface area contributed by atoms with Gasteiger partial charge in [-0.25, -0.2) is 9.59 Å². The SMILES string of the molecule is O=C(NCc1cccnc1)N1CC[C@H]2[C@H]1CCN2c1nncs1.O=C(O)C(F)(F)F. The van der Waals surface area contributed by atoms with Crippen LogP contribution in [0.4, 0.5) is 23.1 Å². The molecule has 0 saturated carbocycles. The third-order valence-electron chi connectivity index (χ3n) is 4.84. The number of urea groups is 1. The van der Waals surface area contributed by atoms with Gasteiger partial charge in [0.2, 0.25) is 5.13 Å². The first kappa shape index (κ1) is 21.7. The molecule has 2 N–H and O–H groups in total. The number of anilines is 1. The molecular formula is C17H19F3N6O3S. The van der Waals surface area contributed by atoms with E-state index >= 15 is 0 Å². The molecule has 0 aromatic carbocycles. The Morgan fingerprint density at radius 3 is 2.60 bits per heavy atom. The van der Waals surface area contributed by atoms with Gasteiger partial charge in [0, 0.05) is 32.0 Å². The zero-order valence-corrected chi connectivity index (χ0v) is 16.4. The number of pyridine rings is 1. The maximum Gasteiger partial charge on any atom is 0.490 e. The monoisotopic (exact) mass is 444 g/mol. The second-order valence-corrected chi connectivity index (χ2v) is 7.45. The van der Waals surface area contributed by atoms with Crippen molar-refractivity contribution in [1.29, 1.82) is 0 Å². The number of nitrogens with zero attached hydrogens (tertiary/aromatic N) is 5. The minimum absolute atomic E-state index is 0.0143. The summed E-state index contributed by atoms with van der Waals surface area (Å²) in [7, 11) is 0. The summed E-state index contributed by atoms with van der Waals surface area (Å²) >= 11 is 1.56. The van der Waals surface area contributed by atoms with Gasteiger partial charge in [0.15, 0.2) is 0 Å². The highest BCUT2D eigenvalue weighted by atomic mass is 32.1. The molecule has 4 rings (SSSR count). The van der Waals surface area contributed by atoms with Gasteiger partial charge < -0.3 is 20.2 Å². The number of carbonyl (C=O) groups excluding carboxylic acids is 1. The number of halogens is 3. The van der Waals surface area contributed by atoms with Crippen LogP contribution in [-0.2, 0) is 11.3 Å². The minimum Gasteiger partial charge on any atom is -0.475 e. The number of aliphatic carboxylic acids is 1. The van der Waals surface area contributed by atoms with E-state index in [1.54, 1.807) is 29.2 Å². The van der Waals surface area contributed by atoms with Crippen molar-refractivity contribution in [2.45, 2.75) is 37.6 Å². The van der Waals surface area contributed by atoms with E-state index in [1.165, 1.54) is 0 Å². The molecule has 4 heterocycles. The summed E-state index contributed by atoms with van der Waals surface area (Å²) in [5.41, 5.74) is 2.77. The van der Waals surface area contributed by atoms with E-state index in [0.29, 0.717) is 12.6 Å². The molecule has 0 aliphatic carbocycles. The number of fused-ring (bicyclic) bond motifs is 1. The van der Waals surface area contributed by atoms with Crippen LogP contribution < -0.4 is 10.2 Å². The highest BCUT2D eigenvalue weighted by Crippen LogP contribution is 2.35. The molecule has 30 heavy (non-hydrogen) atoms. The van der Waals surface area contributed by atoms with Crippen LogP contribution in [0.2, 0.25) is 0 Å². The highest BCUT2D eigenvalue weighted by molar-refractivity contribution is 7.13. The topological polar surface area (TPSA) is 112 Å². The lowest BCUT2D eigenvalue weighted by atomic mass is 10.1. The maximum atomic E-state index is 12.5. The molecule has 2 saturated heterocycles. The Kier molecular flexibility index (Phi) is 6.70. The van der Waals surface area contributed by atoms with Crippen LogP contribution in [0.1, 0.15) is 18.4 Å². The molecule has 0 bridgehead atoms. The van der Waals surface area contributed by atoms with Gasteiger partial charge in [-0.1, -0.05) is 17.4 Å². The summed E-state index contributed by atoms with van der Waals surface area (Å²) in [6, 6.07) is 4.50. The van der Waals surface area contributed by atoms with Gasteiger partial charge in [0.05, 0.1) is 12.1 Å². The Morgan fingerprint density at radius 2 is 2.00 bits per heavy atom. The van der Waals surface area contributed by atoms with Crippen molar-refractivity contribution in [2.24, 2.45) is 0 Å². The number of hydrogen-bond acceptors (Lipinski definition) is 7. The predicted octanol–water partition coefficient (Wildman–Crippen LogP) is 2.13. The van der Waals surface area contributed by atoms with Crippen LogP contribution in [0.15, 0.2) is 30.0 Å². The van der Waals surface area contributed by atoms with Gasteiger partial charge in [-0.05, 0) is 24.5 Å². The third kappa shape index (κ3) is 5.14.